The first kappa shape index (κ1) is 17.4. The van der Waals surface area contributed by atoms with Crippen LogP contribution in [0.25, 0.3) is 0 Å². The number of carbonyl (C=O) groups excluding carboxylic acids is 1. The van der Waals surface area contributed by atoms with E-state index in [0.29, 0.717) is 28.7 Å². The van der Waals surface area contributed by atoms with Crippen LogP contribution in [0, 0.1) is 6.92 Å². The smallest absolute Gasteiger partial charge is 0.221 e. The molecule has 0 saturated heterocycles. The van der Waals surface area contributed by atoms with Crippen molar-refractivity contribution in [2.75, 3.05) is 11.1 Å². The zero-order valence-corrected chi connectivity index (χ0v) is 14.7. The van der Waals surface area contributed by atoms with Crippen molar-refractivity contribution < 1.29 is 14.3 Å². The number of nitrogens with two attached hydrogens (primary N) is 1. The number of rotatable bonds is 5. The molecular formula is C21H20N2O3. The molecule has 3 rings (SSSR count). The Hall–Kier alpha value is -3.47. The largest absolute Gasteiger partial charge is 0.457 e. The summed E-state index contributed by atoms with van der Waals surface area (Å²) >= 11 is 0. The summed E-state index contributed by atoms with van der Waals surface area (Å²) in [6.45, 7) is 3.45. The molecule has 1 amide bonds. The van der Waals surface area contributed by atoms with Crippen molar-refractivity contribution in [3.8, 4) is 23.0 Å². The third-order valence-electron chi connectivity index (χ3n) is 3.55. The molecule has 0 aliphatic heterocycles. The quantitative estimate of drug-likeness (QED) is 0.628. The number of anilines is 2. The van der Waals surface area contributed by atoms with Gasteiger partial charge in [0.05, 0.1) is 0 Å². The standard InChI is InChI=1S/C21H20N2O3/c1-14-11-20(25-18-7-3-16(22)4-8-18)13-21(12-14)26-19-9-5-17(6-10-19)23-15(2)24/h3-13H,22H2,1-2H3,(H,23,24). The predicted molar refractivity (Wildman–Crippen MR) is 103 cm³/mol. The molecule has 3 aromatic rings. The minimum Gasteiger partial charge on any atom is -0.457 e. The zero-order valence-electron chi connectivity index (χ0n) is 14.7. The van der Waals surface area contributed by atoms with E-state index in [2.05, 4.69) is 5.32 Å². The molecule has 3 aromatic carbocycles. The Balaban J connectivity index is 1.74. The van der Waals surface area contributed by atoms with E-state index < -0.39 is 0 Å². The minimum atomic E-state index is -0.109. The maximum atomic E-state index is 11.1. The number of aryl methyl sites for hydroxylation is 1. The van der Waals surface area contributed by atoms with Gasteiger partial charge in [0.25, 0.3) is 0 Å². The fourth-order valence-electron chi connectivity index (χ4n) is 2.45. The van der Waals surface area contributed by atoms with E-state index in [1.54, 1.807) is 36.4 Å². The molecular weight excluding hydrogens is 328 g/mol. The van der Waals surface area contributed by atoms with Crippen LogP contribution in [0.15, 0.2) is 66.7 Å². The predicted octanol–water partition coefficient (Wildman–Crippen LogP) is 5.12. The van der Waals surface area contributed by atoms with Gasteiger partial charge in [-0.1, -0.05) is 0 Å². The zero-order chi connectivity index (χ0) is 18.5. The second-order valence-electron chi connectivity index (χ2n) is 5.96. The van der Waals surface area contributed by atoms with Crippen LogP contribution in [-0.4, -0.2) is 5.91 Å². The topological polar surface area (TPSA) is 73.6 Å². The highest BCUT2D eigenvalue weighted by atomic mass is 16.5. The molecule has 0 spiro atoms. The molecule has 0 aliphatic rings. The van der Waals surface area contributed by atoms with E-state index in [1.807, 2.05) is 37.3 Å². The first-order valence-electron chi connectivity index (χ1n) is 8.18. The molecule has 0 unspecified atom stereocenters. The van der Waals surface area contributed by atoms with Crippen LogP contribution in [0.2, 0.25) is 0 Å². The highest BCUT2D eigenvalue weighted by Gasteiger charge is 2.05. The van der Waals surface area contributed by atoms with Gasteiger partial charge < -0.3 is 20.5 Å². The molecule has 0 bridgehead atoms. The van der Waals surface area contributed by atoms with Gasteiger partial charge in [-0.2, -0.15) is 0 Å². The Morgan fingerprint density at radius 3 is 1.81 bits per heavy atom. The number of carbonyl (C=O) groups is 1. The van der Waals surface area contributed by atoms with Crippen LogP contribution in [0.4, 0.5) is 11.4 Å². The summed E-state index contributed by atoms with van der Waals surface area (Å²) in [7, 11) is 0. The normalized spacial score (nSPS) is 10.2. The van der Waals surface area contributed by atoms with Crippen LogP contribution in [0.1, 0.15) is 12.5 Å². The molecule has 0 saturated carbocycles. The van der Waals surface area contributed by atoms with Crippen LogP contribution in [0.3, 0.4) is 0 Å². The third-order valence-corrected chi connectivity index (χ3v) is 3.55. The Kier molecular flexibility index (Phi) is 5.08. The molecule has 0 fully saturated rings. The SMILES string of the molecule is CC(=O)Nc1ccc(Oc2cc(C)cc(Oc3ccc(N)cc3)c2)cc1. The van der Waals surface area contributed by atoms with Crippen molar-refractivity contribution in [3.05, 3.63) is 72.3 Å². The fourth-order valence-corrected chi connectivity index (χ4v) is 2.45. The molecule has 5 nitrogen and oxygen atoms in total. The number of hydrogen-bond acceptors (Lipinski definition) is 4. The van der Waals surface area contributed by atoms with Crippen LogP contribution < -0.4 is 20.5 Å². The number of ether oxygens (including phenoxy) is 2. The molecule has 0 atom stereocenters. The van der Waals surface area contributed by atoms with Crippen LogP contribution in [-0.2, 0) is 4.79 Å². The van der Waals surface area contributed by atoms with E-state index in [1.165, 1.54) is 6.92 Å². The Morgan fingerprint density at radius 2 is 1.31 bits per heavy atom. The molecule has 0 heterocycles. The monoisotopic (exact) mass is 348 g/mol. The first-order chi connectivity index (χ1) is 12.5. The van der Waals surface area contributed by atoms with Crippen molar-refractivity contribution >= 4 is 17.3 Å². The van der Waals surface area contributed by atoms with Gasteiger partial charge >= 0.3 is 0 Å². The molecule has 0 aliphatic carbocycles. The number of benzene rings is 3. The summed E-state index contributed by atoms with van der Waals surface area (Å²) in [4.78, 5) is 11.1. The maximum Gasteiger partial charge on any atom is 0.221 e. The minimum absolute atomic E-state index is 0.109. The van der Waals surface area contributed by atoms with Crippen molar-refractivity contribution in [3.63, 3.8) is 0 Å². The van der Waals surface area contributed by atoms with Crippen molar-refractivity contribution in [1.82, 2.24) is 0 Å². The summed E-state index contributed by atoms with van der Waals surface area (Å²) in [6, 6.07) is 20.1. The van der Waals surface area contributed by atoms with Gasteiger partial charge in [-0.05, 0) is 73.2 Å². The molecule has 132 valence electrons. The van der Waals surface area contributed by atoms with E-state index in [-0.39, 0.29) is 5.91 Å². The van der Waals surface area contributed by atoms with Crippen molar-refractivity contribution in [2.24, 2.45) is 0 Å². The van der Waals surface area contributed by atoms with Crippen LogP contribution >= 0.6 is 0 Å². The third kappa shape index (κ3) is 4.77. The lowest BCUT2D eigenvalue weighted by atomic mass is 10.2. The van der Waals surface area contributed by atoms with Gasteiger partial charge in [0.1, 0.15) is 23.0 Å². The summed E-state index contributed by atoms with van der Waals surface area (Å²) in [6.07, 6.45) is 0. The molecule has 3 N–H and O–H groups in total. The summed E-state index contributed by atoms with van der Waals surface area (Å²) in [5.41, 5.74) is 8.12. The average Bonchev–Trinajstić information content (AvgIpc) is 2.58. The van der Waals surface area contributed by atoms with E-state index in [9.17, 15) is 4.79 Å². The Bertz CT molecular complexity index is 904. The van der Waals surface area contributed by atoms with Crippen molar-refractivity contribution in [2.45, 2.75) is 13.8 Å². The number of nitrogen functional groups attached to an aromatic ring is 1. The summed E-state index contributed by atoms with van der Waals surface area (Å²) < 4.78 is 11.8. The van der Waals surface area contributed by atoms with E-state index in [0.717, 1.165) is 11.3 Å². The van der Waals surface area contributed by atoms with Gasteiger partial charge in [0, 0.05) is 24.4 Å². The second kappa shape index (κ2) is 7.61. The lowest BCUT2D eigenvalue weighted by molar-refractivity contribution is -0.114. The van der Waals surface area contributed by atoms with Gasteiger partial charge in [0.15, 0.2) is 0 Å². The van der Waals surface area contributed by atoms with Crippen molar-refractivity contribution in [1.29, 1.82) is 0 Å². The lowest BCUT2D eigenvalue weighted by Crippen LogP contribution is -2.05. The van der Waals surface area contributed by atoms with Gasteiger partial charge in [0.2, 0.25) is 5.91 Å². The Labute approximate surface area is 152 Å². The molecule has 26 heavy (non-hydrogen) atoms. The maximum absolute atomic E-state index is 11.1. The number of amides is 1. The molecule has 5 heteroatoms. The lowest BCUT2D eigenvalue weighted by Gasteiger charge is -2.11. The van der Waals surface area contributed by atoms with E-state index in [4.69, 9.17) is 15.2 Å². The second-order valence-corrected chi connectivity index (χ2v) is 5.96. The van der Waals surface area contributed by atoms with Gasteiger partial charge in [-0.15, -0.1) is 0 Å². The number of nitrogens with one attached hydrogen (secondary N) is 1. The highest BCUT2D eigenvalue weighted by Crippen LogP contribution is 2.30. The summed E-state index contributed by atoms with van der Waals surface area (Å²) in [5, 5.41) is 2.72. The number of hydrogen-bond donors (Lipinski definition) is 2. The Morgan fingerprint density at radius 1 is 0.808 bits per heavy atom. The highest BCUT2D eigenvalue weighted by molar-refractivity contribution is 5.88. The van der Waals surface area contributed by atoms with Gasteiger partial charge in [-0.25, -0.2) is 0 Å². The van der Waals surface area contributed by atoms with Crippen LogP contribution in [0.5, 0.6) is 23.0 Å². The van der Waals surface area contributed by atoms with E-state index >= 15 is 0 Å². The first-order valence-corrected chi connectivity index (χ1v) is 8.18. The molecule has 0 aromatic heterocycles. The average molecular weight is 348 g/mol. The fraction of sp³-hybridized carbons (Fsp3) is 0.0952. The summed E-state index contributed by atoms with van der Waals surface area (Å²) in [5.74, 6) is 2.61. The molecule has 0 radical (unpaired) electrons. The van der Waals surface area contributed by atoms with Gasteiger partial charge in [-0.3, -0.25) is 4.79 Å².